The fourth-order valence-corrected chi connectivity index (χ4v) is 5.52. The minimum atomic E-state index is -4.17. The van der Waals surface area contributed by atoms with Crippen LogP contribution in [0.15, 0.2) is 83.8 Å². The van der Waals surface area contributed by atoms with Crippen molar-refractivity contribution in [3.8, 4) is 11.5 Å². The highest BCUT2D eigenvalue weighted by Gasteiger charge is 2.33. The summed E-state index contributed by atoms with van der Waals surface area (Å²) in [5, 5.41) is 2.61. The van der Waals surface area contributed by atoms with E-state index in [4.69, 9.17) is 9.47 Å². The minimum Gasteiger partial charge on any atom is -0.493 e. The Kier molecular flexibility index (Phi) is 9.72. The molecular formula is C28H33N3O6S. The van der Waals surface area contributed by atoms with Gasteiger partial charge in [0.2, 0.25) is 11.8 Å². The molecule has 0 fully saturated rings. The number of likely N-dealkylation sites (N-methyl/N-ethyl adjacent to an activating group) is 1. The van der Waals surface area contributed by atoms with Crippen LogP contribution >= 0.6 is 0 Å². The van der Waals surface area contributed by atoms with E-state index in [0.717, 1.165) is 9.87 Å². The molecule has 0 radical (unpaired) electrons. The van der Waals surface area contributed by atoms with E-state index < -0.39 is 28.5 Å². The summed E-state index contributed by atoms with van der Waals surface area (Å²) in [5.41, 5.74) is 1.03. The van der Waals surface area contributed by atoms with E-state index in [0.29, 0.717) is 17.9 Å². The summed E-state index contributed by atoms with van der Waals surface area (Å²) >= 11 is 0. The SMILES string of the molecule is CC[C@@H](C(=O)NC)N(Cc1ccccc1)C(=O)CN(c1ccc(OC)c(OC)c1)S(=O)(=O)c1ccccc1. The fraction of sp³-hybridized carbons (Fsp3) is 0.286. The smallest absolute Gasteiger partial charge is 0.264 e. The van der Waals surface area contributed by atoms with Gasteiger partial charge in [0.15, 0.2) is 11.5 Å². The molecule has 3 rings (SSSR count). The molecule has 1 N–H and O–H groups in total. The topological polar surface area (TPSA) is 105 Å². The number of hydrogen-bond donors (Lipinski definition) is 1. The maximum Gasteiger partial charge on any atom is 0.264 e. The van der Waals surface area contributed by atoms with Gasteiger partial charge in [0.1, 0.15) is 12.6 Å². The number of carbonyl (C=O) groups is 2. The summed E-state index contributed by atoms with van der Waals surface area (Å²) < 4.78 is 39.4. The number of sulfonamides is 1. The van der Waals surface area contributed by atoms with Crippen LogP contribution in [-0.4, -0.2) is 59.0 Å². The van der Waals surface area contributed by atoms with E-state index in [9.17, 15) is 18.0 Å². The van der Waals surface area contributed by atoms with Crippen molar-refractivity contribution in [1.29, 1.82) is 0 Å². The third-order valence-corrected chi connectivity index (χ3v) is 7.88. The molecule has 0 heterocycles. The van der Waals surface area contributed by atoms with Gasteiger partial charge in [0.05, 0.1) is 24.8 Å². The highest BCUT2D eigenvalue weighted by atomic mass is 32.2. The van der Waals surface area contributed by atoms with E-state index in [1.807, 2.05) is 30.3 Å². The molecule has 0 aliphatic carbocycles. The quantitative estimate of drug-likeness (QED) is 0.378. The number of benzene rings is 3. The summed E-state index contributed by atoms with van der Waals surface area (Å²) in [5.74, 6) is -0.140. The Labute approximate surface area is 224 Å². The van der Waals surface area contributed by atoms with Crippen molar-refractivity contribution in [2.45, 2.75) is 30.8 Å². The number of anilines is 1. The van der Waals surface area contributed by atoms with Crippen LogP contribution in [0.5, 0.6) is 11.5 Å². The molecule has 0 saturated heterocycles. The Hall–Kier alpha value is -4.05. The molecule has 38 heavy (non-hydrogen) atoms. The monoisotopic (exact) mass is 539 g/mol. The molecule has 0 aliphatic rings. The number of carbonyl (C=O) groups excluding carboxylic acids is 2. The molecule has 1 atom stereocenters. The zero-order valence-electron chi connectivity index (χ0n) is 22.0. The summed E-state index contributed by atoms with van der Waals surface area (Å²) in [6.07, 6.45) is 0.347. The number of ether oxygens (including phenoxy) is 2. The lowest BCUT2D eigenvalue weighted by molar-refractivity contribution is -0.140. The van der Waals surface area contributed by atoms with E-state index in [-0.39, 0.29) is 23.0 Å². The van der Waals surface area contributed by atoms with Gasteiger partial charge in [-0.15, -0.1) is 0 Å². The largest absolute Gasteiger partial charge is 0.493 e. The molecule has 9 nitrogen and oxygen atoms in total. The molecule has 0 spiro atoms. The number of hydrogen-bond acceptors (Lipinski definition) is 6. The first-order valence-corrected chi connectivity index (χ1v) is 13.6. The average Bonchev–Trinajstić information content (AvgIpc) is 2.95. The lowest BCUT2D eigenvalue weighted by Crippen LogP contribution is -2.51. The number of nitrogens with one attached hydrogen (secondary N) is 1. The summed E-state index contributed by atoms with van der Waals surface area (Å²) in [4.78, 5) is 28.1. The molecular weight excluding hydrogens is 506 g/mol. The zero-order valence-corrected chi connectivity index (χ0v) is 22.8. The van der Waals surface area contributed by atoms with Crippen molar-refractivity contribution in [1.82, 2.24) is 10.2 Å². The van der Waals surface area contributed by atoms with Gasteiger partial charge in [-0.2, -0.15) is 0 Å². The third-order valence-electron chi connectivity index (χ3n) is 6.09. The van der Waals surface area contributed by atoms with Crippen LogP contribution in [0.4, 0.5) is 5.69 Å². The first-order chi connectivity index (χ1) is 18.3. The Balaban J connectivity index is 2.09. The Bertz CT molecular complexity index is 1330. The molecule has 0 saturated carbocycles. The van der Waals surface area contributed by atoms with Crippen LogP contribution in [0, 0.1) is 0 Å². The highest BCUT2D eigenvalue weighted by Crippen LogP contribution is 2.34. The Morgan fingerprint density at radius 1 is 0.895 bits per heavy atom. The summed E-state index contributed by atoms with van der Waals surface area (Å²) in [7, 11) is 0.257. The molecule has 2 amide bonds. The standard InChI is InChI=1S/C28H33N3O6S/c1-5-24(28(33)29-2)30(19-21-12-8-6-9-13-21)27(32)20-31(38(34,35)23-14-10-7-11-15-23)22-16-17-25(36-3)26(18-22)37-4/h6-18,24H,5,19-20H2,1-4H3,(H,29,33)/t24-/m0/s1. The molecule has 0 aromatic heterocycles. The van der Waals surface area contributed by atoms with Crippen LogP contribution in [0.1, 0.15) is 18.9 Å². The van der Waals surface area contributed by atoms with Crippen LogP contribution in [-0.2, 0) is 26.2 Å². The maximum atomic E-state index is 13.9. The van der Waals surface area contributed by atoms with Crippen LogP contribution in [0.3, 0.4) is 0 Å². The van der Waals surface area contributed by atoms with Crippen molar-refractivity contribution in [3.05, 3.63) is 84.4 Å². The first kappa shape index (κ1) is 28.5. The second-order valence-electron chi connectivity index (χ2n) is 8.41. The molecule has 3 aromatic rings. The van der Waals surface area contributed by atoms with Gasteiger partial charge in [-0.25, -0.2) is 8.42 Å². The normalized spacial score (nSPS) is 11.8. The van der Waals surface area contributed by atoms with Gasteiger partial charge < -0.3 is 19.7 Å². The summed E-state index contributed by atoms with van der Waals surface area (Å²) in [6, 6.07) is 21.0. The summed E-state index contributed by atoms with van der Waals surface area (Å²) in [6.45, 7) is 1.40. The van der Waals surface area contributed by atoms with Gasteiger partial charge >= 0.3 is 0 Å². The van der Waals surface area contributed by atoms with Gasteiger partial charge in [0, 0.05) is 19.7 Å². The van der Waals surface area contributed by atoms with Gasteiger partial charge in [-0.3, -0.25) is 13.9 Å². The molecule has 3 aromatic carbocycles. The fourth-order valence-electron chi connectivity index (χ4n) is 4.09. The van der Waals surface area contributed by atoms with E-state index in [1.165, 1.54) is 44.4 Å². The second-order valence-corrected chi connectivity index (χ2v) is 10.3. The van der Waals surface area contributed by atoms with Gasteiger partial charge in [-0.1, -0.05) is 55.5 Å². The number of rotatable bonds is 12. The van der Waals surface area contributed by atoms with Crippen LogP contribution in [0.25, 0.3) is 0 Å². The Morgan fingerprint density at radius 3 is 2.05 bits per heavy atom. The number of nitrogens with zero attached hydrogens (tertiary/aromatic N) is 2. The second kappa shape index (κ2) is 13.0. The van der Waals surface area contributed by atoms with E-state index in [2.05, 4.69) is 5.32 Å². The first-order valence-electron chi connectivity index (χ1n) is 12.1. The lowest BCUT2D eigenvalue weighted by Gasteiger charge is -2.33. The van der Waals surface area contributed by atoms with Crippen molar-refractivity contribution in [2.75, 3.05) is 32.1 Å². The number of methoxy groups -OCH3 is 2. The average molecular weight is 540 g/mol. The van der Waals surface area contributed by atoms with Crippen LogP contribution in [0.2, 0.25) is 0 Å². The van der Waals surface area contributed by atoms with Crippen molar-refractivity contribution in [3.63, 3.8) is 0 Å². The minimum absolute atomic E-state index is 0.0236. The zero-order chi connectivity index (χ0) is 27.7. The molecule has 0 bridgehead atoms. The predicted octanol–water partition coefficient (Wildman–Crippen LogP) is 3.45. The lowest BCUT2D eigenvalue weighted by atomic mass is 10.1. The Morgan fingerprint density at radius 2 is 1.50 bits per heavy atom. The third kappa shape index (κ3) is 6.44. The predicted molar refractivity (Wildman–Crippen MR) is 146 cm³/mol. The highest BCUT2D eigenvalue weighted by molar-refractivity contribution is 7.92. The molecule has 0 unspecified atom stereocenters. The van der Waals surface area contributed by atoms with Crippen molar-refractivity contribution < 1.29 is 27.5 Å². The van der Waals surface area contributed by atoms with Gasteiger partial charge in [0.25, 0.3) is 10.0 Å². The molecule has 202 valence electrons. The maximum absolute atomic E-state index is 13.9. The van der Waals surface area contributed by atoms with Crippen molar-refractivity contribution >= 4 is 27.5 Å². The van der Waals surface area contributed by atoms with Crippen molar-refractivity contribution in [2.24, 2.45) is 0 Å². The molecule has 10 heteroatoms. The van der Waals surface area contributed by atoms with E-state index >= 15 is 0 Å². The molecule has 0 aliphatic heterocycles. The van der Waals surface area contributed by atoms with Gasteiger partial charge in [-0.05, 0) is 36.2 Å². The van der Waals surface area contributed by atoms with E-state index in [1.54, 1.807) is 37.3 Å². The number of amides is 2. The van der Waals surface area contributed by atoms with Crippen LogP contribution < -0.4 is 19.1 Å².